The van der Waals surface area contributed by atoms with Crippen molar-refractivity contribution in [2.24, 2.45) is 10.7 Å². The minimum atomic E-state index is -0.908. The van der Waals surface area contributed by atoms with Crippen LogP contribution < -0.4 is 11.1 Å². The Labute approximate surface area is 155 Å². The molecule has 0 fully saturated rings. The van der Waals surface area contributed by atoms with Gasteiger partial charge in [-0.25, -0.2) is 14.4 Å². The van der Waals surface area contributed by atoms with Crippen molar-refractivity contribution in [1.82, 2.24) is 4.98 Å². The van der Waals surface area contributed by atoms with Crippen LogP contribution in [-0.2, 0) is 10.3 Å². The molecule has 1 atom stereocenters. The van der Waals surface area contributed by atoms with E-state index in [1.54, 1.807) is 12.1 Å². The lowest BCUT2D eigenvalue weighted by Gasteiger charge is -2.36. The first-order chi connectivity index (χ1) is 12.4. The Morgan fingerprint density at radius 2 is 2.23 bits per heavy atom. The molecule has 1 amide bonds. The highest BCUT2D eigenvalue weighted by Gasteiger charge is 2.38. The molecule has 2 heterocycles. The number of rotatable bonds is 4. The predicted molar refractivity (Wildman–Crippen MR) is 97.8 cm³/mol. The lowest BCUT2D eigenvalue weighted by Crippen LogP contribution is -2.40. The number of aromatic nitrogens is 1. The van der Waals surface area contributed by atoms with Gasteiger partial charge < -0.3 is 15.8 Å². The standard InChI is InChI=1S/C18H18ClFN4O2/c1-2-18(7-8-22-17(21)26-18)13-9-12(4-5-14(13)20)24-16(25)15-6-3-11(19)10-23-15/h3-6,9-10H,2,7-8H2,1H3,(H2,21,22)(H,24,25)/t18-/m0/s1. The van der Waals surface area contributed by atoms with Gasteiger partial charge in [-0.3, -0.25) is 4.79 Å². The minimum Gasteiger partial charge on any atom is -0.454 e. The molecule has 3 rings (SSSR count). The fraction of sp³-hybridized carbons (Fsp3) is 0.278. The van der Waals surface area contributed by atoms with Gasteiger partial charge >= 0.3 is 0 Å². The molecule has 0 radical (unpaired) electrons. The van der Waals surface area contributed by atoms with E-state index in [0.717, 1.165) is 0 Å². The van der Waals surface area contributed by atoms with Crippen LogP contribution in [0, 0.1) is 5.82 Å². The van der Waals surface area contributed by atoms with Crippen molar-refractivity contribution in [3.63, 3.8) is 0 Å². The fourth-order valence-electron chi connectivity index (χ4n) is 2.92. The lowest BCUT2D eigenvalue weighted by molar-refractivity contribution is 0.0248. The molecule has 6 nitrogen and oxygen atoms in total. The van der Waals surface area contributed by atoms with Crippen molar-refractivity contribution in [2.45, 2.75) is 25.4 Å². The summed E-state index contributed by atoms with van der Waals surface area (Å²) in [5.74, 6) is -0.848. The summed E-state index contributed by atoms with van der Waals surface area (Å²) in [7, 11) is 0. The summed E-state index contributed by atoms with van der Waals surface area (Å²) in [6.07, 6.45) is 2.39. The first-order valence-electron chi connectivity index (χ1n) is 8.15. The number of nitrogens with one attached hydrogen (secondary N) is 1. The average Bonchev–Trinajstić information content (AvgIpc) is 2.63. The summed E-state index contributed by atoms with van der Waals surface area (Å²) in [4.78, 5) is 20.3. The maximum Gasteiger partial charge on any atom is 0.282 e. The van der Waals surface area contributed by atoms with Crippen LogP contribution >= 0.6 is 11.6 Å². The number of carbonyl (C=O) groups is 1. The van der Waals surface area contributed by atoms with E-state index in [4.69, 9.17) is 22.1 Å². The van der Waals surface area contributed by atoms with Gasteiger partial charge in [0.1, 0.15) is 17.1 Å². The lowest BCUT2D eigenvalue weighted by atomic mass is 9.86. The third-order valence-corrected chi connectivity index (χ3v) is 4.55. The maximum absolute atomic E-state index is 14.5. The molecule has 26 heavy (non-hydrogen) atoms. The molecule has 136 valence electrons. The van der Waals surface area contributed by atoms with Crippen LogP contribution in [0.1, 0.15) is 35.8 Å². The van der Waals surface area contributed by atoms with Gasteiger partial charge in [0.25, 0.3) is 11.9 Å². The Kier molecular flexibility index (Phi) is 5.08. The van der Waals surface area contributed by atoms with Gasteiger partial charge in [0, 0.05) is 30.4 Å². The van der Waals surface area contributed by atoms with Crippen molar-refractivity contribution >= 4 is 29.2 Å². The molecular formula is C18H18ClFN4O2. The first kappa shape index (κ1) is 18.1. The minimum absolute atomic E-state index is 0.0392. The van der Waals surface area contributed by atoms with E-state index in [9.17, 15) is 9.18 Å². The number of ether oxygens (including phenoxy) is 1. The zero-order valence-electron chi connectivity index (χ0n) is 14.1. The average molecular weight is 377 g/mol. The second-order valence-corrected chi connectivity index (χ2v) is 6.37. The highest BCUT2D eigenvalue weighted by Crippen LogP contribution is 2.38. The number of anilines is 1. The van der Waals surface area contributed by atoms with Gasteiger partial charge in [0.05, 0.1) is 5.02 Å². The number of amides is 1. The van der Waals surface area contributed by atoms with E-state index in [0.29, 0.717) is 35.7 Å². The normalized spacial score (nSPS) is 19.4. The molecule has 1 aromatic heterocycles. The van der Waals surface area contributed by atoms with Crippen molar-refractivity contribution in [2.75, 3.05) is 11.9 Å². The van der Waals surface area contributed by atoms with Gasteiger partial charge in [0.2, 0.25) is 0 Å². The van der Waals surface area contributed by atoms with Crippen molar-refractivity contribution in [3.05, 3.63) is 58.6 Å². The summed E-state index contributed by atoms with van der Waals surface area (Å²) in [5, 5.41) is 3.14. The van der Waals surface area contributed by atoms with Gasteiger partial charge in [-0.2, -0.15) is 0 Å². The van der Waals surface area contributed by atoms with Gasteiger partial charge in [-0.15, -0.1) is 0 Å². The number of carbonyl (C=O) groups excluding carboxylic acids is 1. The van der Waals surface area contributed by atoms with Crippen molar-refractivity contribution < 1.29 is 13.9 Å². The number of nitrogens with zero attached hydrogens (tertiary/aromatic N) is 2. The Morgan fingerprint density at radius 3 is 2.88 bits per heavy atom. The third-order valence-electron chi connectivity index (χ3n) is 4.33. The highest BCUT2D eigenvalue weighted by molar-refractivity contribution is 6.30. The van der Waals surface area contributed by atoms with Crippen LogP contribution in [0.5, 0.6) is 0 Å². The van der Waals surface area contributed by atoms with E-state index in [2.05, 4.69) is 15.3 Å². The number of benzene rings is 1. The number of amidine groups is 1. The first-order valence-corrected chi connectivity index (χ1v) is 8.53. The predicted octanol–water partition coefficient (Wildman–Crippen LogP) is 3.47. The monoisotopic (exact) mass is 376 g/mol. The van der Waals surface area contributed by atoms with Crippen molar-refractivity contribution in [1.29, 1.82) is 0 Å². The summed E-state index contributed by atoms with van der Waals surface area (Å²) in [6.45, 7) is 2.34. The van der Waals surface area contributed by atoms with Crippen LogP contribution in [0.4, 0.5) is 10.1 Å². The summed E-state index contributed by atoms with van der Waals surface area (Å²) < 4.78 is 20.2. The van der Waals surface area contributed by atoms with Gasteiger partial charge in [0.15, 0.2) is 0 Å². The quantitative estimate of drug-likeness (QED) is 0.855. The smallest absolute Gasteiger partial charge is 0.282 e. The molecule has 0 unspecified atom stereocenters. The summed E-state index contributed by atoms with van der Waals surface area (Å²) in [5.41, 5.74) is 5.76. The van der Waals surface area contributed by atoms with Crippen LogP contribution in [0.2, 0.25) is 5.02 Å². The number of halogens is 2. The Balaban J connectivity index is 1.89. The fourth-order valence-corrected chi connectivity index (χ4v) is 3.03. The second-order valence-electron chi connectivity index (χ2n) is 5.93. The Morgan fingerprint density at radius 1 is 1.42 bits per heavy atom. The van der Waals surface area contributed by atoms with Gasteiger partial charge in [-0.1, -0.05) is 18.5 Å². The molecule has 3 N–H and O–H groups in total. The molecule has 2 aromatic rings. The Hall–Kier alpha value is -2.67. The number of pyridine rings is 1. The molecule has 0 spiro atoms. The number of hydrogen-bond donors (Lipinski definition) is 2. The van der Waals surface area contributed by atoms with E-state index < -0.39 is 17.3 Å². The summed E-state index contributed by atoms with van der Waals surface area (Å²) in [6, 6.07) is 7.46. The number of aliphatic imine (C=N–C) groups is 1. The van der Waals surface area contributed by atoms with Crippen molar-refractivity contribution in [3.8, 4) is 0 Å². The SMILES string of the molecule is CC[C@@]1(c2cc(NC(=O)c3ccc(Cl)cn3)ccc2F)CCN=C(N)O1. The van der Waals surface area contributed by atoms with E-state index >= 15 is 0 Å². The number of hydrogen-bond acceptors (Lipinski definition) is 5. The molecule has 8 heteroatoms. The topological polar surface area (TPSA) is 89.6 Å². The summed E-state index contributed by atoms with van der Waals surface area (Å²) >= 11 is 5.77. The second kappa shape index (κ2) is 7.29. The van der Waals surface area contributed by atoms with E-state index in [1.807, 2.05) is 6.92 Å². The van der Waals surface area contributed by atoms with Crippen LogP contribution in [0.25, 0.3) is 0 Å². The molecule has 0 saturated heterocycles. The largest absolute Gasteiger partial charge is 0.454 e. The van der Waals surface area contributed by atoms with Crippen LogP contribution in [0.3, 0.4) is 0 Å². The molecule has 0 bridgehead atoms. The van der Waals surface area contributed by atoms with Crippen LogP contribution in [-0.4, -0.2) is 23.5 Å². The Bertz CT molecular complexity index is 857. The number of nitrogens with two attached hydrogens (primary N) is 1. The van der Waals surface area contributed by atoms with E-state index in [-0.39, 0.29) is 11.7 Å². The molecular weight excluding hydrogens is 359 g/mol. The molecule has 1 aliphatic heterocycles. The molecule has 0 aliphatic carbocycles. The third kappa shape index (κ3) is 3.62. The van der Waals surface area contributed by atoms with Crippen LogP contribution in [0.15, 0.2) is 41.5 Å². The van der Waals surface area contributed by atoms with E-state index in [1.165, 1.54) is 24.4 Å². The maximum atomic E-state index is 14.5. The highest BCUT2D eigenvalue weighted by atomic mass is 35.5. The molecule has 0 saturated carbocycles. The zero-order chi connectivity index (χ0) is 18.7. The molecule has 1 aromatic carbocycles. The zero-order valence-corrected chi connectivity index (χ0v) is 14.9. The molecule has 1 aliphatic rings. The van der Waals surface area contributed by atoms with Gasteiger partial charge in [-0.05, 0) is 36.8 Å².